The molecule has 3 rings (SSSR count). The molecule has 2 aromatic rings. The number of rotatable bonds is 3. The number of nitrogens with one attached hydrogen (secondary N) is 1. The number of halogens is 2. The second kappa shape index (κ2) is 6.54. The van der Waals surface area contributed by atoms with Gasteiger partial charge in [0.25, 0.3) is 5.56 Å². The molecule has 6 nitrogen and oxygen atoms in total. The van der Waals surface area contributed by atoms with Crippen molar-refractivity contribution in [3.8, 4) is 5.75 Å². The van der Waals surface area contributed by atoms with E-state index in [9.17, 15) is 4.79 Å². The maximum Gasteiger partial charge on any atom is 0.251 e. The lowest BCUT2D eigenvalue weighted by atomic mass is 10.1. The van der Waals surface area contributed by atoms with Crippen LogP contribution in [0.1, 0.15) is 12.8 Å². The van der Waals surface area contributed by atoms with Crippen LogP contribution in [0, 0.1) is 0 Å². The van der Waals surface area contributed by atoms with Crippen LogP contribution >= 0.6 is 23.2 Å². The first-order chi connectivity index (χ1) is 10.6. The molecule has 0 aromatic carbocycles. The van der Waals surface area contributed by atoms with Crippen molar-refractivity contribution in [3.63, 3.8) is 0 Å². The molecule has 2 aromatic heterocycles. The second-order valence-electron chi connectivity index (χ2n) is 5.01. The molecule has 1 fully saturated rings. The number of pyridine rings is 1. The first-order valence-electron chi connectivity index (χ1n) is 6.89. The minimum absolute atomic E-state index is 0.0165. The highest BCUT2D eigenvalue weighted by molar-refractivity contribution is 6.31. The topological polar surface area (TPSA) is 71.1 Å². The molecule has 0 bridgehead atoms. The van der Waals surface area contributed by atoms with E-state index in [2.05, 4.69) is 19.9 Å². The van der Waals surface area contributed by atoms with E-state index in [0.717, 1.165) is 25.9 Å². The molecule has 0 aliphatic carbocycles. The molecule has 0 radical (unpaired) electrons. The van der Waals surface area contributed by atoms with Gasteiger partial charge >= 0.3 is 0 Å². The first-order valence-corrected chi connectivity index (χ1v) is 7.65. The zero-order chi connectivity index (χ0) is 15.5. The number of H-pyrrole nitrogens is 1. The fourth-order valence-corrected chi connectivity index (χ4v) is 2.60. The van der Waals surface area contributed by atoms with Crippen LogP contribution in [0.2, 0.25) is 10.0 Å². The predicted molar refractivity (Wildman–Crippen MR) is 85.0 cm³/mol. The zero-order valence-electron chi connectivity index (χ0n) is 11.6. The Kier molecular flexibility index (Phi) is 4.49. The summed E-state index contributed by atoms with van der Waals surface area (Å²) in [7, 11) is 0. The van der Waals surface area contributed by atoms with Crippen molar-refractivity contribution in [3.05, 3.63) is 45.1 Å². The van der Waals surface area contributed by atoms with E-state index in [1.54, 1.807) is 12.4 Å². The van der Waals surface area contributed by atoms with Gasteiger partial charge in [-0.15, -0.1) is 0 Å². The lowest BCUT2D eigenvalue weighted by Crippen LogP contribution is -2.39. The van der Waals surface area contributed by atoms with Crippen LogP contribution in [-0.2, 0) is 0 Å². The summed E-state index contributed by atoms with van der Waals surface area (Å²) in [4.78, 5) is 24.3. The van der Waals surface area contributed by atoms with Crippen molar-refractivity contribution < 1.29 is 4.74 Å². The van der Waals surface area contributed by atoms with Crippen LogP contribution < -0.4 is 15.2 Å². The molecule has 0 amide bonds. The van der Waals surface area contributed by atoms with Gasteiger partial charge in [-0.1, -0.05) is 23.2 Å². The average Bonchev–Trinajstić information content (AvgIpc) is 2.53. The highest BCUT2D eigenvalue weighted by atomic mass is 35.5. The van der Waals surface area contributed by atoms with Gasteiger partial charge in [-0.25, -0.2) is 9.97 Å². The lowest BCUT2D eigenvalue weighted by molar-refractivity contribution is 0.170. The minimum Gasteiger partial charge on any atom is -0.488 e. The second-order valence-corrected chi connectivity index (χ2v) is 5.86. The van der Waals surface area contributed by atoms with E-state index in [0.29, 0.717) is 21.7 Å². The van der Waals surface area contributed by atoms with Gasteiger partial charge in [0.2, 0.25) is 5.95 Å². The fourth-order valence-electron chi connectivity index (χ4n) is 2.35. The molecule has 116 valence electrons. The Balaban J connectivity index is 1.61. The van der Waals surface area contributed by atoms with Gasteiger partial charge in [-0.2, -0.15) is 0 Å². The number of anilines is 1. The lowest BCUT2D eigenvalue weighted by Gasteiger charge is -2.32. The van der Waals surface area contributed by atoms with E-state index >= 15 is 0 Å². The third-order valence-electron chi connectivity index (χ3n) is 3.46. The largest absolute Gasteiger partial charge is 0.488 e. The smallest absolute Gasteiger partial charge is 0.251 e. The summed E-state index contributed by atoms with van der Waals surface area (Å²) >= 11 is 11.8. The third kappa shape index (κ3) is 3.51. The van der Waals surface area contributed by atoms with Crippen molar-refractivity contribution in [2.75, 3.05) is 18.0 Å². The third-order valence-corrected chi connectivity index (χ3v) is 3.95. The number of aromatic amines is 1. The van der Waals surface area contributed by atoms with Crippen molar-refractivity contribution in [1.82, 2.24) is 15.0 Å². The number of hydrogen-bond acceptors (Lipinski definition) is 5. The van der Waals surface area contributed by atoms with Gasteiger partial charge in [-0.3, -0.25) is 4.79 Å². The maximum absolute atomic E-state index is 11.3. The van der Waals surface area contributed by atoms with Crippen molar-refractivity contribution >= 4 is 29.2 Å². The van der Waals surface area contributed by atoms with Crippen molar-refractivity contribution in [2.45, 2.75) is 18.9 Å². The molecule has 0 spiro atoms. The van der Waals surface area contributed by atoms with Gasteiger partial charge in [-0.05, 0) is 0 Å². The van der Waals surface area contributed by atoms with Crippen LogP contribution in [0.3, 0.4) is 0 Å². The fraction of sp³-hybridized carbons (Fsp3) is 0.357. The molecular formula is C14H14Cl2N4O2. The average molecular weight is 341 g/mol. The molecule has 22 heavy (non-hydrogen) atoms. The molecular weight excluding hydrogens is 327 g/mol. The molecule has 0 atom stereocenters. The van der Waals surface area contributed by atoms with Crippen LogP contribution in [0.5, 0.6) is 5.75 Å². The van der Waals surface area contributed by atoms with Crippen LogP contribution in [0.4, 0.5) is 5.95 Å². The molecule has 1 N–H and O–H groups in total. The monoisotopic (exact) mass is 340 g/mol. The Labute approximate surface area is 137 Å². The summed E-state index contributed by atoms with van der Waals surface area (Å²) < 4.78 is 5.83. The van der Waals surface area contributed by atoms with Gasteiger partial charge in [0, 0.05) is 38.2 Å². The SMILES string of the molecule is O=c1cc(OC2CCN(c3ncc(Cl)cn3)CC2)c(Cl)c[nH]1. The molecule has 1 aliphatic rings. The number of aromatic nitrogens is 3. The van der Waals surface area contributed by atoms with Crippen LogP contribution in [-0.4, -0.2) is 34.1 Å². The van der Waals surface area contributed by atoms with Crippen molar-refractivity contribution in [2.24, 2.45) is 0 Å². The summed E-state index contributed by atoms with van der Waals surface area (Å²) in [5.74, 6) is 1.09. The Morgan fingerprint density at radius 3 is 2.59 bits per heavy atom. The maximum atomic E-state index is 11.3. The molecule has 0 unspecified atom stereocenters. The summed E-state index contributed by atoms with van der Waals surface area (Å²) in [5.41, 5.74) is -0.230. The normalized spacial score (nSPS) is 15.8. The number of ether oxygens (including phenoxy) is 1. The standard InChI is InChI=1S/C14H14Cl2N4O2/c15-9-6-18-14(19-7-9)20-3-1-10(2-4-20)22-12-5-13(21)17-8-11(12)16/h5-8,10H,1-4H2,(H,17,21). The Morgan fingerprint density at radius 1 is 1.23 bits per heavy atom. The summed E-state index contributed by atoms with van der Waals surface area (Å²) in [6, 6.07) is 1.37. The predicted octanol–water partition coefficient (Wildman–Crippen LogP) is 2.52. The molecule has 1 aliphatic heterocycles. The van der Waals surface area contributed by atoms with Gasteiger partial charge < -0.3 is 14.6 Å². The summed E-state index contributed by atoms with van der Waals surface area (Å²) in [6.07, 6.45) is 6.23. The first kappa shape index (κ1) is 15.1. The van der Waals surface area contributed by atoms with Crippen LogP contribution in [0.15, 0.2) is 29.5 Å². The van der Waals surface area contributed by atoms with Crippen molar-refractivity contribution in [1.29, 1.82) is 0 Å². The number of piperidine rings is 1. The number of nitrogens with zero attached hydrogens (tertiary/aromatic N) is 3. The molecule has 3 heterocycles. The van der Waals surface area contributed by atoms with E-state index in [1.807, 2.05) is 0 Å². The van der Waals surface area contributed by atoms with E-state index in [1.165, 1.54) is 12.3 Å². The molecule has 1 saturated heterocycles. The Bertz CT molecular complexity index is 697. The highest BCUT2D eigenvalue weighted by Gasteiger charge is 2.23. The Morgan fingerprint density at radius 2 is 1.91 bits per heavy atom. The van der Waals surface area contributed by atoms with E-state index in [-0.39, 0.29) is 11.7 Å². The summed E-state index contributed by atoms with van der Waals surface area (Å²) in [6.45, 7) is 1.54. The zero-order valence-corrected chi connectivity index (χ0v) is 13.1. The van der Waals surface area contributed by atoms with Gasteiger partial charge in [0.05, 0.1) is 22.4 Å². The Hall–Kier alpha value is -1.79. The summed E-state index contributed by atoms with van der Waals surface area (Å²) in [5, 5.41) is 0.925. The van der Waals surface area contributed by atoms with E-state index in [4.69, 9.17) is 27.9 Å². The molecule has 0 saturated carbocycles. The minimum atomic E-state index is -0.230. The van der Waals surface area contributed by atoms with Crippen LogP contribution in [0.25, 0.3) is 0 Å². The quantitative estimate of drug-likeness (QED) is 0.929. The number of hydrogen-bond donors (Lipinski definition) is 1. The van der Waals surface area contributed by atoms with Gasteiger partial charge in [0.15, 0.2) is 0 Å². The van der Waals surface area contributed by atoms with Gasteiger partial charge in [0.1, 0.15) is 11.9 Å². The highest BCUT2D eigenvalue weighted by Crippen LogP contribution is 2.25. The van der Waals surface area contributed by atoms with E-state index < -0.39 is 0 Å². The molecule has 8 heteroatoms.